The Morgan fingerprint density at radius 1 is 1.13 bits per heavy atom. The molecule has 0 fully saturated rings. The van der Waals surface area contributed by atoms with Crippen LogP contribution in [0.1, 0.15) is 17.3 Å². The van der Waals surface area contributed by atoms with Crippen molar-refractivity contribution in [3.05, 3.63) is 64.2 Å². The van der Waals surface area contributed by atoms with Gasteiger partial charge in [0.1, 0.15) is 0 Å². The summed E-state index contributed by atoms with van der Waals surface area (Å²) in [6.07, 6.45) is 0. The van der Waals surface area contributed by atoms with E-state index in [-0.39, 0.29) is 22.0 Å². The second-order valence-electron chi connectivity index (χ2n) is 4.51. The summed E-state index contributed by atoms with van der Waals surface area (Å²) in [7, 11) is -3.98. The number of carbonyl (C=O) groups excluding carboxylic acids is 1. The van der Waals surface area contributed by atoms with Gasteiger partial charge in [-0.1, -0.05) is 18.2 Å². The fraction of sp³-hybridized carbons (Fsp3) is 0.133. The lowest BCUT2D eigenvalue weighted by Gasteiger charge is -2.07. The number of esters is 1. The van der Waals surface area contributed by atoms with Crippen molar-refractivity contribution in [2.45, 2.75) is 16.7 Å². The molecular formula is C15H13NO6S. The van der Waals surface area contributed by atoms with E-state index in [1.807, 2.05) is 0 Å². The normalized spacial score (nSPS) is 11.0. The van der Waals surface area contributed by atoms with E-state index in [0.29, 0.717) is 0 Å². The number of nitrogens with zero attached hydrogens (tertiary/aromatic N) is 1. The van der Waals surface area contributed by atoms with Gasteiger partial charge in [-0.05, 0) is 25.1 Å². The highest BCUT2D eigenvalue weighted by atomic mass is 32.2. The van der Waals surface area contributed by atoms with Crippen molar-refractivity contribution in [1.82, 2.24) is 0 Å². The van der Waals surface area contributed by atoms with Gasteiger partial charge >= 0.3 is 5.97 Å². The van der Waals surface area contributed by atoms with Crippen molar-refractivity contribution in [3.63, 3.8) is 0 Å². The molecule has 0 aromatic heterocycles. The molecule has 0 spiro atoms. The van der Waals surface area contributed by atoms with E-state index in [1.165, 1.54) is 24.3 Å². The average molecular weight is 335 g/mol. The van der Waals surface area contributed by atoms with E-state index in [0.717, 1.165) is 18.2 Å². The summed E-state index contributed by atoms with van der Waals surface area (Å²) in [4.78, 5) is 21.7. The maximum atomic E-state index is 12.6. The third-order valence-corrected chi connectivity index (χ3v) is 4.73. The molecule has 0 atom stereocenters. The van der Waals surface area contributed by atoms with Crippen LogP contribution in [0.5, 0.6) is 0 Å². The quantitative estimate of drug-likeness (QED) is 0.472. The Hall–Kier alpha value is -2.74. The zero-order valence-corrected chi connectivity index (χ0v) is 12.9. The molecule has 2 aromatic carbocycles. The Labute approximate surface area is 132 Å². The second-order valence-corrected chi connectivity index (χ2v) is 6.46. The van der Waals surface area contributed by atoms with E-state index >= 15 is 0 Å². The molecule has 8 heteroatoms. The Morgan fingerprint density at radius 2 is 1.78 bits per heavy atom. The van der Waals surface area contributed by atoms with Gasteiger partial charge in [-0.15, -0.1) is 0 Å². The van der Waals surface area contributed by atoms with Crippen molar-refractivity contribution in [1.29, 1.82) is 0 Å². The van der Waals surface area contributed by atoms with Crippen molar-refractivity contribution in [2.75, 3.05) is 6.61 Å². The lowest BCUT2D eigenvalue weighted by Crippen LogP contribution is -2.09. The standard InChI is InChI=1S/C15H13NO6S/c1-2-22-15(17)11-8-12(16(18)19)10-14(9-11)23(20,21)13-6-4-3-5-7-13/h3-10H,2H2,1H3. The number of nitro benzene ring substituents is 1. The Balaban J connectivity index is 2.62. The molecule has 0 heterocycles. The molecule has 0 N–H and O–H groups in total. The number of carbonyl (C=O) groups is 1. The highest BCUT2D eigenvalue weighted by Gasteiger charge is 2.23. The molecule has 0 aliphatic rings. The average Bonchev–Trinajstić information content (AvgIpc) is 2.55. The number of benzene rings is 2. The van der Waals surface area contributed by atoms with E-state index in [9.17, 15) is 23.3 Å². The molecule has 0 bridgehead atoms. The van der Waals surface area contributed by atoms with Gasteiger partial charge in [0.15, 0.2) is 0 Å². The van der Waals surface area contributed by atoms with Crippen LogP contribution in [-0.2, 0) is 14.6 Å². The Morgan fingerprint density at radius 3 is 2.35 bits per heavy atom. The van der Waals surface area contributed by atoms with Crippen molar-refractivity contribution < 1.29 is 22.9 Å². The van der Waals surface area contributed by atoms with Gasteiger partial charge in [0, 0.05) is 12.1 Å². The van der Waals surface area contributed by atoms with Crippen molar-refractivity contribution in [2.24, 2.45) is 0 Å². The zero-order valence-electron chi connectivity index (χ0n) is 12.1. The highest BCUT2D eigenvalue weighted by Crippen LogP contribution is 2.26. The van der Waals surface area contributed by atoms with Gasteiger partial charge < -0.3 is 4.74 Å². The van der Waals surface area contributed by atoms with Crippen LogP contribution in [0, 0.1) is 10.1 Å². The van der Waals surface area contributed by atoms with Gasteiger partial charge in [0.05, 0.1) is 26.9 Å². The predicted molar refractivity (Wildman–Crippen MR) is 80.9 cm³/mol. The first kappa shape index (κ1) is 16.6. The van der Waals surface area contributed by atoms with Crippen LogP contribution in [0.25, 0.3) is 0 Å². The molecule has 0 radical (unpaired) electrons. The maximum absolute atomic E-state index is 12.6. The highest BCUT2D eigenvalue weighted by molar-refractivity contribution is 7.91. The summed E-state index contributed by atoms with van der Waals surface area (Å²) >= 11 is 0. The van der Waals surface area contributed by atoms with E-state index in [2.05, 4.69) is 0 Å². The number of ether oxygens (including phenoxy) is 1. The number of rotatable bonds is 5. The Kier molecular flexibility index (Phi) is 4.75. The van der Waals surface area contributed by atoms with Crippen LogP contribution in [0.4, 0.5) is 5.69 Å². The predicted octanol–water partition coefficient (Wildman–Crippen LogP) is 2.60. The summed E-state index contributed by atoms with van der Waals surface area (Å²) in [5.41, 5.74) is -0.680. The molecule has 0 aliphatic carbocycles. The van der Waals surface area contributed by atoms with Gasteiger partial charge in [-0.2, -0.15) is 0 Å². The first-order valence-electron chi connectivity index (χ1n) is 6.63. The van der Waals surface area contributed by atoms with Gasteiger partial charge in [0.2, 0.25) is 9.84 Å². The monoisotopic (exact) mass is 335 g/mol. The number of non-ortho nitro benzene ring substituents is 1. The van der Waals surface area contributed by atoms with E-state index < -0.39 is 26.4 Å². The third-order valence-electron chi connectivity index (χ3n) is 2.98. The maximum Gasteiger partial charge on any atom is 0.338 e. The van der Waals surface area contributed by atoms with Crippen LogP contribution in [-0.4, -0.2) is 25.9 Å². The van der Waals surface area contributed by atoms with Crippen LogP contribution >= 0.6 is 0 Å². The number of nitro groups is 1. The molecule has 0 saturated carbocycles. The topological polar surface area (TPSA) is 104 Å². The lowest BCUT2D eigenvalue weighted by molar-refractivity contribution is -0.385. The van der Waals surface area contributed by atoms with E-state index in [4.69, 9.17) is 4.74 Å². The molecular weight excluding hydrogens is 322 g/mol. The van der Waals surface area contributed by atoms with Crippen LogP contribution in [0.2, 0.25) is 0 Å². The minimum absolute atomic E-state index is 0.0182. The van der Waals surface area contributed by atoms with Crippen LogP contribution in [0.15, 0.2) is 58.3 Å². The van der Waals surface area contributed by atoms with Gasteiger partial charge in [-0.25, -0.2) is 13.2 Å². The molecule has 0 saturated heterocycles. The van der Waals surface area contributed by atoms with Crippen LogP contribution in [0.3, 0.4) is 0 Å². The molecule has 0 unspecified atom stereocenters. The van der Waals surface area contributed by atoms with Gasteiger partial charge in [0.25, 0.3) is 5.69 Å². The number of hydrogen-bond acceptors (Lipinski definition) is 6. The van der Waals surface area contributed by atoms with Gasteiger partial charge in [-0.3, -0.25) is 10.1 Å². The Bertz CT molecular complexity index is 846. The summed E-state index contributed by atoms with van der Waals surface area (Å²) in [5, 5.41) is 11.0. The largest absolute Gasteiger partial charge is 0.462 e. The zero-order chi connectivity index (χ0) is 17.0. The lowest BCUT2D eigenvalue weighted by atomic mass is 10.2. The summed E-state index contributed by atoms with van der Waals surface area (Å²) < 4.78 is 29.9. The van der Waals surface area contributed by atoms with E-state index in [1.54, 1.807) is 13.0 Å². The molecule has 0 aliphatic heterocycles. The second kappa shape index (κ2) is 6.57. The van der Waals surface area contributed by atoms with Crippen molar-refractivity contribution in [3.8, 4) is 0 Å². The minimum Gasteiger partial charge on any atom is -0.462 e. The fourth-order valence-electron chi connectivity index (χ4n) is 1.91. The van der Waals surface area contributed by atoms with Crippen LogP contribution < -0.4 is 0 Å². The third kappa shape index (κ3) is 3.54. The first-order valence-corrected chi connectivity index (χ1v) is 8.11. The minimum atomic E-state index is -3.98. The number of sulfone groups is 1. The van der Waals surface area contributed by atoms with Crippen molar-refractivity contribution >= 4 is 21.5 Å². The molecule has 23 heavy (non-hydrogen) atoms. The summed E-state index contributed by atoms with van der Waals surface area (Å²) in [6.45, 7) is 1.65. The molecule has 2 aromatic rings. The summed E-state index contributed by atoms with van der Waals surface area (Å²) in [5.74, 6) is -0.819. The number of hydrogen-bond donors (Lipinski definition) is 0. The SMILES string of the molecule is CCOC(=O)c1cc([N+](=O)[O-])cc(S(=O)(=O)c2ccccc2)c1. The first-order chi connectivity index (χ1) is 10.9. The fourth-order valence-corrected chi connectivity index (χ4v) is 3.26. The molecule has 7 nitrogen and oxygen atoms in total. The molecule has 0 amide bonds. The summed E-state index contributed by atoms with van der Waals surface area (Å²) in [6, 6.07) is 10.5. The molecule has 2 rings (SSSR count). The molecule has 120 valence electrons. The smallest absolute Gasteiger partial charge is 0.338 e.